The van der Waals surface area contributed by atoms with Crippen LogP contribution in [-0.4, -0.2) is 28.1 Å². The molecule has 0 unspecified atom stereocenters. The van der Waals surface area contributed by atoms with Gasteiger partial charge in [-0.05, 0) is 6.08 Å². The summed E-state index contributed by atoms with van der Waals surface area (Å²) in [7, 11) is 0. The Morgan fingerprint density at radius 3 is 1.36 bits per heavy atom. The topological polar surface area (TPSA) is 115 Å². The fraction of sp³-hybridized carbons (Fsp3) is 0. The molecule has 0 spiro atoms. The van der Waals surface area contributed by atoms with Gasteiger partial charge in [-0.1, -0.05) is 6.58 Å². The Morgan fingerprint density at radius 2 is 1.29 bits per heavy atom. The fourth-order valence-electron chi connectivity index (χ4n) is 0.143. The Labute approximate surface area is 122 Å². The molecule has 72 valence electrons. The van der Waals surface area contributed by atoms with Crippen LogP contribution < -0.4 is 56.5 Å². The van der Waals surface area contributed by atoms with Gasteiger partial charge in [-0.25, -0.2) is 9.59 Å². The molecule has 0 aliphatic rings. The first kappa shape index (κ1) is 19.2. The summed E-state index contributed by atoms with van der Waals surface area (Å²) in [6.45, 7) is 2.90. The van der Waals surface area contributed by atoms with E-state index in [1.165, 1.54) is 0 Å². The van der Waals surface area contributed by atoms with E-state index in [0.717, 1.165) is 6.08 Å². The monoisotopic (exact) mass is 226 g/mol. The van der Waals surface area contributed by atoms with Crippen LogP contribution in [0.4, 0.5) is 0 Å². The third-order valence-corrected chi connectivity index (χ3v) is 0.535. The summed E-state index contributed by atoms with van der Waals surface area (Å²) < 4.78 is 0. The standard InChI is InChI=1S/C4H4O4.C3H4O2.K/c5-3(6)1-2-4(7)8;1-2-3(4)5;/h1-2H,(H,5,6)(H,7,8);2H,1H2,(H,4,5);/q;;+1/p-1/b2-1-;;. The third kappa shape index (κ3) is 30.0. The molecule has 0 fully saturated rings. The molecule has 0 aliphatic heterocycles. The first-order valence-electron chi connectivity index (χ1n) is 2.87. The van der Waals surface area contributed by atoms with Gasteiger partial charge in [0.15, 0.2) is 0 Å². The number of carboxylic acid groups (broad SMARTS) is 3. The second kappa shape index (κ2) is 12.5. The van der Waals surface area contributed by atoms with E-state index in [-0.39, 0.29) is 51.4 Å². The van der Waals surface area contributed by atoms with Gasteiger partial charge in [0.25, 0.3) is 0 Å². The first-order valence-corrected chi connectivity index (χ1v) is 2.87. The number of hydrogen-bond donors (Lipinski definition) is 2. The van der Waals surface area contributed by atoms with E-state index in [0.29, 0.717) is 12.2 Å². The summed E-state index contributed by atoms with van der Waals surface area (Å²) in [4.78, 5) is 28.2. The normalized spacial score (nSPS) is 7.71. The molecule has 0 aromatic heterocycles. The van der Waals surface area contributed by atoms with Gasteiger partial charge >= 0.3 is 63.3 Å². The van der Waals surface area contributed by atoms with Gasteiger partial charge in [-0.3, -0.25) is 0 Å². The Balaban J connectivity index is -0.000000177. The summed E-state index contributed by atoms with van der Waals surface area (Å²) in [6, 6.07) is 0. The van der Waals surface area contributed by atoms with Crippen molar-refractivity contribution in [3.63, 3.8) is 0 Å². The minimum absolute atomic E-state index is 0. The van der Waals surface area contributed by atoms with Gasteiger partial charge in [-0.2, -0.15) is 0 Å². The van der Waals surface area contributed by atoms with Crippen LogP contribution in [0, 0.1) is 0 Å². The quantitative estimate of drug-likeness (QED) is 0.371. The van der Waals surface area contributed by atoms with Crippen molar-refractivity contribution in [3.8, 4) is 0 Å². The van der Waals surface area contributed by atoms with Gasteiger partial charge < -0.3 is 20.1 Å². The molecule has 0 radical (unpaired) electrons. The van der Waals surface area contributed by atoms with Crippen LogP contribution >= 0.6 is 0 Å². The molecule has 0 amide bonds. The number of rotatable bonds is 3. The fourth-order valence-corrected chi connectivity index (χ4v) is 0.143. The maximum Gasteiger partial charge on any atom is 1.00 e. The molecule has 0 bridgehead atoms. The van der Waals surface area contributed by atoms with Crippen molar-refractivity contribution in [1.29, 1.82) is 0 Å². The molecular weight excluding hydrogens is 219 g/mol. The molecular formula is C7H7KO6. The first-order chi connectivity index (χ1) is 5.90. The number of carbonyl (C=O) groups excluding carboxylic acids is 1. The van der Waals surface area contributed by atoms with E-state index in [4.69, 9.17) is 20.1 Å². The Morgan fingerprint density at radius 1 is 1.07 bits per heavy atom. The molecule has 0 saturated carbocycles. The van der Waals surface area contributed by atoms with Crippen molar-refractivity contribution in [3.05, 3.63) is 24.8 Å². The minimum atomic E-state index is -1.26. The molecule has 14 heavy (non-hydrogen) atoms. The van der Waals surface area contributed by atoms with Crippen LogP contribution in [0.25, 0.3) is 0 Å². The van der Waals surface area contributed by atoms with E-state index in [1.807, 2.05) is 0 Å². The van der Waals surface area contributed by atoms with Gasteiger partial charge in [-0.15, -0.1) is 0 Å². The number of carbonyl (C=O) groups is 3. The van der Waals surface area contributed by atoms with Gasteiger partial charge in [0, 0.05) is 12.2 Å². The van der Waals surface area contributed by atoms with Crippen LogP contribution in [0.2, 0.25) is 0 Å². The van der Waals surface area contributed by atoms with Crippen molar-refractivity contribution >= 4 is 17.9 Å². The largest absolute Gasteiger partial charge is 1.00 e. The van der Waals surface area contributed by atoms with Gasteiger partial charge in [0.2, 0.25) is 0 Å². The summed E-state index contributed by atoms with van der Waals surface area (Å²) in [6.07, 6.45) is 1.84. The van der Waals surface area contributed by atoms with Crippen molar-refractivity contribution in [2.45, 2.75) is 0 Å². The average molecular weight is 226 g/mol. The van der Waals surface area contributed by atoms with E-state index < -0.39 is 17.9 Å². The summed E-state index contributed by atoms with van der Waals surface area (Å²) in [5, 5.41) is 24.8. The zero-order chi connectivity index (χ0) is 10.9. The average Bonchev–Trinajstić information content (AvgIpc) is 2.02. The third-order valence-electron chi connectivity index (χ3n) is 0.535. The van der Waals surface area contributed by atoms with Gasteiger partial charge in [0.1, 0.15) is 0 Å². The number of hydrogen-bond acceptors (Lipinski definition) is 4. The molecule has 6 nitrogen and oxygen atoms in total. The van der Waals surface area contributed by atoms with E-state index in [9.17, 15) is 9.59 Å². The molecule has 0 saturated heterocycles. The number of carboxylic acids is 3. The van der Waals surface area contributed by atoms with Crippen molar-refractivity contribution in [1.82, 2.24) is 0 Å². The van der Waals surface area contributed by atoms with Crippen LogP contribution in [-0.2, 0) is 14.4 Å². The molecule has 7 heteroatoms. The van der Waals surface area contributed by atoms with E-state index in [1.54, 1.807) is 0 Å². The minimum Gasteiger partial charge on any atom is -0.545 e. The van der Waals surface area contributed by atoms with Crippen LogP contribution in [0.1, 0.15) is 0 Å². The van der Waals surface area contributed by atoms with E-state index in [2.05, 4.69) is 6.58 Å². The molecule has 0 atom stereocenters. The molecule has 0 aromatic carbocycles. The molecule has 0 aliphatic carbocycles. The van der Waals surface area contributed by atoms with Crippen molar-refractivity contribution in [2.75, 3.05) is 0 Å². The second-order valence-corrected chi connectivity index (χ2v) is 1.53. The Kier molecular flexibility index (Phi) is 17.1. The molecule has 0 aromatic rings. The Hall–Kier alpha value is -0.474. The summed E-state index contributed by atoms with van der Waals surface area (Å²) in [5.74, 6) is -3.75. The smallest absolute Gasteiger partial charge is 0.545 e. The maximum atomic E-state index is 9.55. The second-order valence-electron chi connectivity index (χ2n) is 1.53. The van der Waals surface area contributed by atoms with Crippen molar-refractivity contribution in [2.24, 2.45) is 0 Å². The Bertz CT molecular complexity index is 229. The zero-order valence-corrected chi connectivity index (χ0v) is 10.6. The molecule has 0 heterocycles. The van der Waals surface area contributed by atoms with Crippen LogP contribution in [0.3, 0.4) is 0 Å². The SMILES string of the molecule is C=CC(=O)[O-].O=C(O)/C=C\C(=O)O.[K+]. The summed E-state index contributed by atoms with van der Waals surface area (Å²) in [5.41, 5.74) is 0. The van der Waals surface area contributed by atoms with E-state index >= 15 is 0 Å². The van der Waals surface area contributed by atoms with Crippen LogP contribution in [0.15, 0.2) is 24.8 Å². The zero-order valence-electron chi connectivity index (χ0n) is 7.47. The number of aliphatic carboxylic acids is 3. The predicted octanol–water partition coefficient (Wildman–Crippen LogP) is -4.36. The molecule has 0 rings (SSSR count). The van der Waals surface area contributed by atoms with Crippen molar-refractivity contribution < 1.29 is 81.1 Å². The summed E-state index contributed by atoms with van der Waals surface area (Å²) >= 11 is 0. The van der Waals surface area contributed by atoms with Crippen LogP contribution in [0.5, 0.6) is 0 Å². The maximum absolute atomic E-state index is 9.55. The predicted molar refractivity (Wildman–Crippen MR) is 39.6 cm³/mol. The van der Waals surface area contributed by atoms with Gasteiger partial charge in [0.05, 0.1) is 5.97 Å². The molecule has 2 N–H and O–H groups in total.